The first-order valence-corrected chi connectivity index (χ1v) is 15.4. The minimum Gasteiger partial charge on any atom is -0.497 e. The molecule has 10 heteroatoms. The van der Waals surface area contributed by atoms with Gasteiger partial charge in [0.1, 0.15) is 22.5 Å². The molecule has 0 saturated heterocycles. The summed E-state index contributed by atoms with van der Waals surface area (Å²) in [7, 11) is 1.55. The number of nitrogens with zero attached hydrogens (tertiary/aromatic N) is 1. The molecule has 0 aliphatic carbocycles. The highest BCUT2D eigenvalue weighted by Crippen LogP contribution is 2.37. The quantitative estimate of drug-likeness (QED) is 0.100. The van der Waals surface area contributed by atoms with Crippen LogP contribution in [0.3, 0.4) is 0 Å². The summed E-state index contributed by atoms with van der Waals surface area (Å²) in [6.07, 6.45) is 3.05. The minimum absolute atomic E-state index is 0.0390. The van der Waals surface area contributed by atoms with Crippen molar-refractivity contribution in [2.45, 2.75) is 10.1 Å². The molecular formula is C36H29ClN4O4S. The number of amides is 3. The number of nitrogens with one attached hydrogen (secondary N) is 3. The van der Waals surface area contributed by atoms with Gasteiger partial charge in [0.15, 0.2) is 0 Å². The topological polar surface area (TPSA) is 109 Å². The van der Waals surface area contributed by atoms with Gasteiger partial charge < -0.3 is 20.7 Å². The summed E-state index contributed by atoms with van der Waals surface area (Å²) in [6.45, 7) is 0. The first-order valence-electron chi connectivity index (χ1n) is 14.2. The fourth-order valence-electron chi connectivity index (χ4n) is 4.36. The molecule has 8 nitrogen and oxygen atoms in total. The number of methoxy groups -OCH3 is 1. The van der Waals surface area contributed by atoms with Crippen LogP contribution in [-0.4, -0.2) is 29.8 Å². The third kappa shape index (κ3) is 8.84. The zero-order valence-electron chi connectivity index (χ0n) is 24.6. The monoisotopic (exact) mass is 648 g/mol. The Morgan fingerprint density at radius 3 is 2.28 bits per heavy atom. The fraction of sp³-hybridized carbons (Fsp3) is 0.0556. The van der Waals surface area contributed by atoms with Gasteiger partial charge in [-0.3, -0.25) is 14.4 Å². The van der Waals surface area contributed by atoms with Crippen molar-refractivity contribution in [3.8, 4) is 5.75 Å². The second-order valence-corrected chi connectivity index (χ2v) is 11.5. The maximum absolute atomic E-state index is 13.6. The van der Waals surface area contributed by atoms with Crippen LogP contribution in [0, 0.1) is 0 Å². The smallest absolute Gasteiger partial charge is 0.272 e. The molecule has 1 atom stereocenters. The van der Waals surface area contributed by atoms with Crippen LogP contribution in [0.1, 0.15) is 26.7 Å². The highest BCUT2D eigenvalue weighted by Gasteiger charge is 2.23. The van der Waals surface area contributed by atoms with Gasteiger partial charge in [-0.2, -0.15) is 0 Å². The number of ether oxygens (including phenoxy) is 1. The lowest BCUT2D eigenvalue weighted by Gasteiger charge is -2.17. The maximum Gasteiger partial charge on any atom is 0.272 e. The van der Waals surface area contributed by atoms with E-state index in [-0.39, 0.29) is 11.6 Å². The van der Waals surface area contributed by atoms with Crippen molar-refractivity contribution in [1.29, 1.82) is 0 Å². The Hall–Kier alpha value is -5.38. The van der Waals surface area contributed by atoms with E-state index < -0.39 is 17.1 Å². The summed E-state index contributed by atoms with van der Waals surface area (Å²) in [6, 6.07) is 35.6. The number of aromatic nitrogens is 1. The van der Waals surface area contributed by atoms with Gasteiger partial charge in [-0.25, -0.2) is 4.98 Å². The van der Waals surface area contributed by atoms with Crippen molar-refractivity contribution in [1.82, 2.24) is 10.3 Å². The van der Waals surface area contributed by atoms with Crippen LogP contribution in [0.5, 0.6) is 5.75 Å². The van der Waals surface area contributed by atoms with Crippen LogP contribution in [0.2, 0.25) is 5.02 Å². The second-order valence-electron chi connectivity index (χ2n) is 9.90. The van der Waals surface area contributed by atoms with E-state index in [9.17, 15) is 14.4 Å². The van der Waals surface area contributed by atoms with E-state index in [0.29, 0.717) is 33.4 Å². The molecule has 1 aromatic heterocycles. The molecule has 4 aromatic carbocycles. The Balaban J connectivity index is 1.38. The number of hydrogen-bond donors (Lipinski definition) is 3. The lowest BCUT2D eigenvalue weighted by atomic mass is 10.1. The predicted molar refractivity (Wildman–Crippen MR) is 183 cm³/mol. The Labute approximate surface area is 275 Å². The lowest BCUT2D eigenvalue weighted by molar-refractivity contribution is -0.116. The van der Waals surface area contributed by atoms with Crippen LogP contribution >= 0.6 is 23.4 Å². The lowest BCUT2D eigenvalue weighted by Crippen LogP contribution is -2.30. The number of carbonyl (C=O) groups is 3. The molecule has 1 heterocycles. The van der Waals surface area contributed by atoms with Crippen molar-refractivity contribution in [3.63, 3.8) is 0 Å². The van der Waals surface area contributed by atoms with E-state index >= 15 is 0 Å². The van der Waals surface area contributed by atoms with Crippen molar-refractivity contribution in [3.05, 3.63) is 155 Å². The Morgan fingerprint density at radius 1 is 0.826 bits per heavy atom. The molecule has 0 radical (unpaired) electrons. The van der Waals surface area contributed by atoms with Crippen LogP contribution in [-0.2, 0) is 9.59 Å². The number of hydrogen-bond acceptors (Lipinski definition) is 6. The normalized spacial score (nSPS) is 11.7. The Kier molecular flexibility index (Phi) is 10.8. The minimum atomic E-state index is -0.627. The molecule has 0 spiro atoms. The molecule has 0 aliphatic rings. The summed E-state index contributed by atoms with van der Waals surface area (Å²) >= 11 is 7.27. The molecule has 3 N–H and O–H groups in total. The summed E-state index contributed by atoms with van der Waals surface area (Å²) in [4.78, 5) is 45.0. The van der Waals surface area contributed by atoms with Crippen molar-refractivity contribution < 1.29 is 19.1 Å². The predicted octanol–water partition coefficient (Wildman–Crippen LogP) is 7.63. The molecule has 5 rings (SSSR count). The van der Waals surface area contributed by atoms with Gasteiger partial charge in [0.05, 0.1) is 12.1 Å². The van der Waals surface area contributed by atoms with Gasteiger partial charge >= 0.3 is 0 Å². The average molecular weight is 649 g/mol. The molecule has 0 saturated carbocycles. The zero-order chi connectivity index (χ0) is 32.3. The molecule has 1 unspecified atom stereocenters. The number of pyridine rings is 1. The molecule has 0 aliphatic heterocycles. The zero-order valence-corrected chi connectivity index (χ0v) is 26.2. The number of benzene rings is 4. The van der Waals surface area contributed by atoms with E-state index in [1.54, 1.807) is 92.0 Å². The van der Waals surface area contributed by atoms with E-state index in [4.69, 9.17) is 16.3 Å². The van der Waals surface area contributed by atoms with Gasteiger partial charge in [0.25, 0.3) is 11.8 Å². The van der Waals surface area contributed by atoms with E-state index in [2.05, 4.69) is 20.9 Å². The molecule has 230 valence electrons. The molecular weight excluding hydrogens is 620 g/mol. The maximum atomic E-state index is 13.6. The number of rotatable bonds is 11. The van der Waals surface area contributed by atoms with Gasteiger partial charge in [-0.1, -0.05) is 78.3 Å². The first kappa shape index (κ1) is 32.0. The van der Waals surface area contributed by atoms with Crippen LogP contribution in [0.4, 0.5) is 11.5 Å². The summed E-state index contributed by atoms with van der Waals surface area (Å²) in [5, 5.41) is 8.33. The highest BCUT2D eigenvalue weighted by molar-refractivity contribution is 8.00. The SMILES string of the molecule is COc1cccc(/C=C(\NC(=O)c2ccccc2)C(=O)Nc2cccc(SC(C(=O)Nc3ccc(Cl)cn3)c3ccccc3)c2)c1. The van der Waals surface area contributed by atoms with Crippen molar-refractivity contribution >= 4 is 58.7 Å². The van der Waals surface area contributed by atoms with Gasteiger partial charge in [0, 0.05) is 22.3 Å². The number of halogens is 1. The van der Waals surface area contributed by atoms with Crippen LogP contribution < -0.4 is 20.7 Å². The Morgan fingerprint density at radius 2 is 1.57 bits per heavy atom. The van der Waals surface area contributed by atoms with Crippen molar-refractivity contribution in [2.75, 3.05) is 17.7 Å². The Bertz CT molecular complexity index is 1850. The van der Waals surface area contributed by atoms with Crippen LogP contribution in [0.25, 0.3) is 6.08 Å². The average Bonchev–Trinajstić information content (AvgIpc) is 3.09. The molecule has 46 heavy (non-hydrogen) atoms. The number of thioether (sulfide) groups is 1. The third-order valence-corrected chi connectivity index (χ3v) is 8.07. The number of carbonyl (C=O) groups excluding carboxylic acids is 3. The van der Waals surface area contributed by atoms with E-state index in [0.717, 1.165) is 10.5 Å². The molecule has 5 aromatic rings. The van der Waals surface area contributed by atoms with Gasteiger partial charge in [-0.05, 0) is 71.8 Å². The number of anilines is 2. The third-order valence-electron chi connectivity index (χ3n) is 6.60. The van der Waals surface area contributed by atoms with E-state index in [1.165, 1.54) is 18.0 Å². The first-order chi connectivity index (χ1) is 22.4. The largest absolute Gasteiger partial charge is 0.497 e. The van der Waals surface area contributed by atoms with Crippen molar-refractivity contribution in [2.24, 2.45) is 0 Å². The van der Waals surface area contributed by atoms with Gasteiger partial charge in [-0.15, -0.1) is 11.8 Å². The molecule has 0 bridgehead atoms. The van der Waals surface area contributed by atoms with Gasteiger partial charge in [0.2, 0.25) is 5.91 Å². The molecule has 0 fully saturated rings. The molecule has 3 amide bonds. The van der Waals surface area contributed by atoms with E-state index in [1.807, 2.05) is 42.5 Å². The highest BCUT2D eigenvalue weighted by atomic mass is 35.5. The summed E-state index contributed by atoms with van der Waals surface area (Å²) < 4.78 is 5.32. The second kappa shape index (κ2) is 15.6. The fourth-order valence-corrected chi connectivity index (χ4v) is 5.56. The summed E-state index contributed by atoms with van der Waals surface area (Å²) in [5.41, 5.74) is 2.38. The van der Waals surface area contributed by atoms with Crippen LogP contribution in [0.15, 0.2) is 138 Å². The standard InChI is InChI=1S/C36H29ClN4O4S/c1-45-29-16-8-10-24(20-29)21-31(40-34(42)26-13-6-3-7-14-26)35(43)39-28-15-9-17-30(22-28)46-33(25-11-4-2-5-12-25)36(44)41-32-19-18-27(37)23-38-32/h2-23,33H,1H3,(H,39,43)(H,40,42)(H,38,41,44)/b31-21-. The summed E-state index contributed by atoms with van der Waals surface area (Å²) in [5.74, 6) is -0.240.